The Morgan fingerprint density at radius 3 is 2.82 bits per heavy atom. The van der Waals surface area contributed by atoms with Gasteiger partial charge in [-0.15, -0.1) is 0 Å². The van der Waals surface area contributed by atoms with Crippen LogP contribution >= 0.6 is 0 Å². The highest BCUT2D eigenvalue weighted by atomic mass is 16.4. The SMILES string of the molecule is Cc1ncc(-c2cncc3cccc(N)c23)o1. The summed E-state index contributed by atoms with van der Waals surface area (Å²) in [6, 6.07) is 5.76. The molecule has 17 heavy (non-hydrogen) atoms. The number of nitrogen functional groups attached to an aromatic ring is 1. The molecule has 2 N–H and O–H groups in total. The maximum Gasteiger partial charge on any atom is 0.191 e. The van der Waals surface area contributed by atoms with E-state index in [1.54, 1.807) is 18.6 Å². The lowest BCUT2D eigenvalue weighted by atomic mass is 10.0. The lowest BCUT2D eigenvalue weighted by molar-refractivity contribution is 0.534. The quantitative estimate of drug-likeness (QED) is 0.647. The van der Waals surface area contributed by atoms with E-state index < -0.39 is 0 Å². The molecule has 0 saturated heterocycles. The first-order valence-corrected chi connectivity index (χ1v) is 5.31. The normalized spacial score (nSPS) is 10.9. The van der Waals surface area contributed by atoms with Crippen LogP contribution in [0.2, 0.25) is 0 Å². The Morgan fingerprint density at radius 2 is 2.06 bits per heavy atom. The largest absolute Gasteiger partial charge is 0.441 e. The van der Waals surface area contributed by atoms with Crippen molar-refractivity contribution in [3.8, 4) is 11.3 Å². The molecular weight excluding hydrogens is 214 g/mol. The van der Waals surface area contributed by atoms with Crippen molar-refractivity contribution in [1.29, 1.82) is 0 Å². The highest BCUT2D eigenvalue weighted by molar-refractivity contribution is 6.02. The Morgan fingerprint density at radius 1 is 1.18 bits per heavy atom. The van der Waals surface area contributed by atoms with Gasteiger partial charge in [-0.25, -0.2) is 4.98 Å². The second-order valence-corrected chi connectivity index (χ2v) is 3.88. The fourth-order valence-corrected chi connectivity index (χ4v) is 1.94. The maximum absolute atomic E-state index is 6.01. The Labute approximate surface area is 98.1 Å². The van der Waals surface area contributed by atoms with Gasteiger partial charge in [0.2, 0.25) is 0 Å². The monoisotopic (exact) mass is 225 g/mol. The number of hydrogen-bond donors (Lipinski definition) is 1. The molecule has 4 heteroatoms. The van der Waals surface area contributed by atoms with Crippen LogP contribution < -0.4 is 5.73 Å². The molecule has 84 valence electrons. The number of nitrogens with two attached hydrogens (primary N) is 1. The molecule has 0 spiro atoms. The standard InChI is InChI=1S/C13H11N3O/c1-8-16-7-12(17-8)10-6-15-5-9-3-2-4-11(14)13(9)10/h2-7H,14H2,1H3. The van der Waals surface area contributed by atoms with Crippen molar-refractivity contribution >= 4 is 16.5 Å². The molecule has 0 aliphatic carbocycles. The number of pyridine rings is 1. The average Bonchev–Trinajstić information content (AvgIpc) is 2.75. The van der Waals surface area contributed by atoms with Gasteiger partial charge < -0.3 is 10.2 Å². The molecule has 0 saturated carbocycles. The van der Waals surface area contributed by atoms with E-state index in [1.165, 1.54) is 0 Å². The summed E-state index contributed by atoms with van der Waals surface area (Å²) >= 11 is 0. The molecule has 0 aliphatic rings. The zero-order valence-corrected chi connectivity index (χ0v) is 9.34. The van der Waals surface area contributed by atoms with Crippen molar-refractivity contribution in [2.75, 3.05) is 5.73 Å². The van der Waals surface area contributed by atoms with E-state index in [9.17, 15) is 0 Å². The smallest absolute Gasteiger partial charge is 0.191 e. The van der Waals surface area contributed by atoms with Crippen molar-refractivity contribution in [2.24, 2.45) is 0 Å². The van der Waals surface area contributed by atoms with Crippen LogP contribution in [0.15, 0.2) is 41.2 Å². The van der Waals surface area contributed by atoms with Gasteiger partial charge in [-0.2, -0.15) is 0 Å². The average molecular weight is 225 g/mol. The predicted molar refractivity (Wildman–Crippen MR) is 66.4 cm³/mol. The summed E-state index contributed by atoms with van der Waals surface area (Å²) in [5, 5.41) is 1.95. The third kappa shape index (κ3) is 1.54. The summed E-state index contributed by atoms with van der Waals surface area (Å²) in [6.07, 6.45) is 5.23. The molecule has 0 fully saturated rings. The number of hydrogen-bond acceptors (Lipinski definition) is 4. The lowest BCUT2D eigenvalue weighted by Gasteiger charge is -2.05. The van der Waals surface area contributed by atoms with Gasteiger partial charge in [-0.05, 0) is 6.07 Å². The number of anilines is 1. The number of fused-ring (bicyclic) bond motifs is 1. The molecule has 1 aromatic carbocycles. The second kappa shape index (κ2) is 3.59. The van der Waals surface area contributed by atoms with Crippen molar-refractivity contribution in [3.05, 3.63) is 42.7 Å². The van der Waals surface area contributed by atoms with Gasteiger partial charge >= 0.3 is 0 Å². The molecule has 3 rings (SSSR count). The van der Waals surface area contributed by atoms with Gasteiger partial charge in [-0.3, -0.25) is 4.98 Å². The molecule has 0 atom stereocenters. The molecule has 4 nitrogen and oxygen atoms in total. The van der Waals surface area contributed by atoms with E-state index in [2.05, 4.69) is 9.97 Å². The van der Waals surface area contributed by atoms with Crippen LogP contribution in [0.5, 0.6) is 0 Å². The van der Waals surface area contributed by atoms with E-state index in [-0.39, 0.29) is 0 Å². The highest BCUT2D eigenvalue weighted by Crippen LogP contribution is 2.31. The van der Waals surface area contributed by atoms with Crippen LogP contribution in [-0.2, 0) is 0 Å². The number of rotatable bonds is 1. The van der Waals surface area contributed by atoms with E-state index in [0.29, 0.717) is 17.3 Å². The Bertz CT molecular complexity index is 683. The minimum atomic E-state index is 0.631. The van der Waals surface area contributed by atoms with E-state index >= 15 is 0 Å². The molecule has 0 unspecified atom stereocenters. The number of aryl methyl sites for hydroxylation is 1. The second-order valence-electron chi connectivity index (χ2n) is 3.88. The number of benzene rings is 1. The summed E-state index contributed by atoms with van der Waals surface area (Å²) < 4.78 is 5.53. The molecule has 2 aromatic heterocycles. The topological polar surface area (TPSA) is 64.9 Å². The lowest BCUT2D eigenvalue weighted by Crippen LogP contribution is -1.90. The summed E-state index contributed by atoms with van der Waals surface area (Å²) in [5.41, 5.74) is 7.60. The van der Waals surface area contributed by atoms with Gasteiger partial charge in [0.1, 0.15) is 0 Å². The zero-order valence-electron chi connectivity index (χ0n) is 9.34. The number of nitrogens with zero attached hydrogens (tertiary/aromatic N) is 2. The van der Waals surface area contributed by atoms with Crippen molar-refractivity contribution in [3.63, 3.8) is 0 Å². The number of oxazole rings is 1. The number of aromatic nitrogens is 2. The van der Waals surface area contributed by atoms with Crippen molar-refractivity contribution in [1.82, 2.24) is 9.97 Å². The van der Waals surface area contributed by atoms with Crippen LogP contribution in [0.3, 0.4) is 0 Å². The van der Waals surface area contributed by atoms with Gasteiger partial charge in [-0.1, -0.05) is 12.1 Å². The molecule has 0 aliphatic heterocycles. The van der Waals surface area contributed by atoms with Crippen molar-refractivity contribution < 1.29 is 4.42 Å². The molecule has 0 radical (unpaired) electrons. The third-order valence-corrected chi connectivity index (χ3v) is 2.70. The highest BCUT2D eigenvalue weighted by Gasteiger charge is 2.10. The van der Waals surface area contributed by atoms with E-state index in [0.717, 1.165) is 16.3 Å². The minimum absolute atomic E-state index is 0.631. The van der Waals surface area contributed by atoms with Crippen LogP contribution in [0, 0.1) is 6.92 Å². The Hall–Kier alpha value is -2.36. The van der Waals surface area contributed by atoms with Gasteiger partial charge in [0, 0.05) is 41.3 Å². The van der Waals surface area contributed by atoms with Crippen LogP contribution in [-0.4, -0.2) is 9.97 Å². The zero-order chi connectivity index (χ0) is 11.8. The molecular formula is C13H11N3O. The summed E-state index contributed by atoms with van der Waals surface area (Å²) in [7, 11) is 0. The molecule has 0 bridgehead atoms. The first kappa shape index (κ1) is 9.84. The first-order chi connectivity index (χ1) is 8.25. The third-order valence-electron chi connectivity index (χ3n) is 2.70. The minimum Gasteiger partial charge on any atom is -0.441 e. The fraction of sp³-hybridized carbons (Fsp3) is 0.0769. The fourth-order valence-electron chi connectivity index (χ4n) is 1.94. The van der Waals surface area contributed by atoms with Crippen LogP contribution in [0.1, 0.15) is 5.89 Å². The predicted octanol–water partition coefficient (Wildman–Crippen LogP) is 2.78. The Balaban J connectivity index is 2.37. The molecule has 2 heterocycles. The van der Waals surface area contributed by atoms with Crippen LogP contribution in [0.4, 0.5) is 5.69 Å². The molecule has 3 aromatic rings. The first-order valence-electron chi connectivity index (χ1n) is 5.31. The summed E-state index contributed by atoms with van der Waals surface area (Å²) in [4.78, 5) is 8.29. The van der Waals surface area contributed by atoms with E-state index in [4.69, 9.17) is 10.2 Å². The molecule has 0 amide bonds. The van der Waals surface area contributed by atoms with Crippen LogP contribution in [0.25, 0.3) is 22.1 Å². The Kier molecular flexibility index (Phi) is 2.08. The van der Waals surface area contributed by atoms with Gasteiger partial charge in [0.05, 0.1) is 6.20 Å². The summed E-state index contributed by atoms with van der Waals surface area (Å²) in [5.74, 6) is 1.32. The summed E-state index contributed by atoms with van der Waals surface area (Å²) in [6.45, 7) is 1.81. The van der Waals surface area contributed by atoms with Gasteiger partial charge in [0.15, 0.2) is 11.7 Å². The van der Waals surface area contributed by atoms with E-state index in [1.807, 2.05) is 25.1 Å². The van der Waals surface area contributed by atoms with Gasteiger partial charge in [0.25, 0.3) is 0 Å². The van der Waals surface area contributed by atoms with Crippen molar-refractivity contribution in [2.45, 2.75) is 6.92 Å². The maximum atomic E-state index is 6.01.